The molecule has 6 aromatic rings. The first-order valence-corrected chi connectivity index (χ1v) is 18.0. The highest BCUT2D eigenvalue weighted by Crippen LogP contribution is 2.27. The molecule has 0 unspecified atom stereocenters. The number of nitrogens with zero attached hydrogens (tertiary/aromatic N) is 1. The van der Waals surface area contributed by atoms with Gasteiger partial charge >= 0.3 is 0 Å². The first-order valence-electron chi connectivity index (χ1n) is 15.8. The fraction of sp³-hybridized carbons (Fsp3) is 0.0500. The Morgan fingerprint density at radius 1 is 0.784 bits per heavy atom. The van der Waals surface area contributed by atoms with Crippen LogP contribution in [0.2, 0.25) is 5.02 Å². The van der Waals surface area contributed by atoms with Crippen molar-refractivity contribution in [1.29, 1.82) is 0 Å². The van der Waals surface area contributed by atoms with Crippen molar-refractivity contribution in [2.45, 2.75) is 11.5 Å². The first kappa shape index (κ1) is 35.2. The Morgan fingerprint density at radius 3 is 2.18 bits per heavy atom. The number of benzene rings is 5. The van der Waals surface area contributed by atoms with Crippen LogP contribution >= 0.6 is 34.7 Å². The van der Waals surface area contributed by atoms with Crippen molar-refractivity contribution in [3.8, 4) is 17.0 Å². The van der Waals surface area contributed by atoms with E-state index in [0.717, 1.165) is 21.7 Å². The van der Waals surface area contributed by atoms with Crippen molar-refractivity contribution in [1.82, 2.24) is 10.3 Å². The van der Waals surface area contributed by atoms with Crippen LogP contribution in [-0.2, 0) is 16.2 Å². The van der Waals surface area contributed by atoms with Crippen molar-refractivity contribution in [2.24, 2.45) is 0 Å². The molecule has 8 nitrogen and oxygen atoms in total. The van der Waals surface area contributed by atoms with Gasteiger partial charge in [0.05, 0.1) is 11.4 Å². The third-order valence-corrected chi connectivity index (χ3v) is 9.36. The molecular weight excluding hydrogens is 700 g/mol. The molecule has 11 heteroatoms. The fourth-order valence-electron chi connectivity index (χ4n) is 4.73. The van der Waals surface area contributed by atoms with Gasteiger partial charge in [-0.05, 0) is 77.9 Å². The summed E-state index contributed by atoms with van der Waals surface area (Å²) in [6.07, 6.45) is 1.61. The lowest BCUT2D eigenvalue weighted by Gasteiger charge is -2.12. The summed E-state index contributed by atoms with van der Waals surface area (Å²) in [5, 5.41) is 11.5. The van der Waals surface area contributed by atoms with Crippen molar-refractivity contribution in [3.63, 3.8) is 0 Å². The smallest absolute Gasteiger partial charge is 0.272 e. The molecule has 0 radical (unpaired) electrons. The van der Waals surface area contributed by atoms with Gasteiger partial charge in [-0.1, -0.05) is 84.4 Å². The van der Waals surface area contributed by atoms with Crippen LogP contribution in [0.4, 0.5) is 10.8 Å². The molecule has 3 amide bonds. The maximum absolute atomic E-state index is 13.5. The molecule has 1 heterocycles. The summed E-state index contributed by atoms with van der Waals surface area (Å²) in [6, 6.07) is 40.3. The third-order valence-electron chi connectivity index (χ3n) is 7.34. The van der Waals surface area contributed by atoms with Crippen LogP contribution in [0, 0.1) is 0 Å². The summed E-state index contributed by atoms with van der Waals surface area (Å²) in [6.45, 7) is 0.431. The molecule has 254 valence electrons. The van der Waals surface area contributed by atoms with Crippen LogP contribution < -0.4 is 20.7 Å². The van der Waals surface area contributed by atoms with Crippen LogP contribution in [-0.4, -0.2) is 28.5 Å². The molecule has 0 atom stereocenters. The molecule has 5 aromatic carbocycles. The zero-order valence-corrected chi connectivity index (χ0v) is 29.4. The van der Waals surface area contributed by atoms with Crippen LogP contribution in [0.5, 0.6) is 5.75 Å². The predicted octanol–water partition coefficient (Wildman–Crippen LogP) is 9.18. The highest BCUT2D eigenvalue weighted by molar-refractivity contribution is 8.00. The number of thiazole rings is 1. The summed E-state index contributed by atoms with van der Waals surface area (Å²) in [7, 11) is 0. The summed E-state index contributed by atoms with van der Waals surface area (Å²) in [5.74, 6) is -0.240. The second-order valence-electron chi connectivity index (χ2n) is 11.1. The largest absolute Gasteiger partial charge is 0.489 e. The number of anilines is 2. The normalized spacial score (nSPS) is 11.0. The monoisotopic (exact) mass is 730 g/mol. The zero-order chi connectivity index (χ0) is 35.4. The summed E-state index contributed by atoms with van der Waals surface area (Å²) >= 11 is 8.68. The Hall–Kier alpha value is -5.68. The molecule has 1 aromatic heterocycles. The Morgan fingerprint density at radius 2 is 1.47 bits per heavy atom. The van der Waals surface area contributed by atoms with Crippen molar-refractivity contribution in [3.05, 3.63) is 166 Å². The molecule has 0 bridgehead atoms. The minimum atomic E-state index is -0.495. The number of rotatable bonds is 13. The molecule has 0 fully saturated rings. The SMILES string of the molecule is O=C(CSc1ccc(NC(=O)/C(=C/c2ccc(OCc3ccccc3)cc2)NC(=O)c2ccccc2)cc1)Nc1nc(-c2ccc(Cl)cc2)cs1. The van der Waals surface area contributed by atoms with Gasteiger partial charge in [-0.15, -0.1) is 23.1 Å². The summed E-state index contributed by atoms with van der Waals surface area (Å²) in [5.41, 5.74) is 4.44. The lowest BCUT2D eigenvalue weighted by atomic mass is 10.1. The number of aromatic nitrogens is 1. The van der Waals surface area contributed by atoms with Crippen LogP contribution in [0.1, 0.15) is 21.5 Å². The molecule has 0 saturated heterocycles. The average molecular weight is 731 g/mol. The van der Waals surface area contributed by atoms with E-state index in [0.29, 0.717) is 39.3 Å². The molecule has 3 N–H and O–H groups in total. The van der Waals surface area contributed by atoms with Crippen molar-refractivity contribution >= 4 is 69.3 Å². The molecule has 0 spiro atoms. The van der Waals surface area contributed by atoms with E-state index in [1.54, 1.807) is 54.6 Å². The topological polar surface area (TPSA) is 109 Å². The van der Waals surface area contributed by atoms with E-state index in [1.807, 2.05) is 90.3 Å². The molecule has 0 aliphatic heterocycles. The highest BCUT2D eigenvalue weighted by atomic mass is 35.5. The fourth-order valence-corrected chi connectivity index (χ4v) is 6.29. The number of halogens is 1. The molecular formula is C40H31ClN4O4S2. The highest BCUT2D eigenvalue weighted by Gasteiger charge is 2.16. The second kappa shape index (κ2) is 17.3. The number of hydrogen-bond donors (Lipinski definition) is 3. The molecule has 0 aliphatic carbocycles. The minimum Gasteiger partial charge on any atom is -0.489 e. The van der Waals surface area contributed by atoms with Gasteiger partial charge in [-0.3, -0.25) is 14.4 Å². The van der Waals surface area contributed by atoms with Gasteiger partial charge in [0.2, 0.25) is 5.91 Å². The summed E-state index contributed by atoms with van der Waals surface area (Å²) < 4.78 is 5.89. The maximum Gasteiger partial charge on any atom is 0.272 e. The van der Waals surface area contributed by atoms with Crippen LogP contribution in [0.25, 0.3) is 17.3 Å². The molecule has 0 aliphatic rings. The van der Waals surface area contributed by atoms with E-state index in [2.05, 4.69) is 20.9 Å². The number of hydrogen-bond acceptors (Lipinski definition) is 7. The van der Waals surface area contributed by atoms with Gasteiger partial charge in [0.25, 0.3) is 11.8 Å². The van der Waals surface area contributed by atoms with Gasteiger partial charge in [0.15, 0.2) is 5.13 Å². The van der Waals surface area contributed by atoms with Gasteiger partial charge < -0.3 is 20.7 Å². The second-order valence-corrected chi connectivity index (χ2v) is 13.4. The van der Waals surface area contributed by atoms with Crippen LogP contribution in [0.15, 0.2) is 149 Å². The first-order chi connectivity index (χ1) is 24.9. The summed E-state index contributed by atoms with van der Waals surface area (Å²) in [4.78, 5) is 44.5. The Bertz CT molecular complexity index is 2120. The van der Waals surface area contributed by atoms with Gasteiger partial charge in [0, 0.05) is 32.1 Å². The van der Waals surface area contributed by atoms with Gasteiger partial charge in [-0.25, -0.2) is 4.98 Å². The van der Waals surface area contributed by atoms with E-state index in [-0.39, 0.29) is 17.4 Å². The average Bonchev–Trinajstić information content (AvgIpc) is 3.63. The van der Waals surface area contributed by atoms with Crippen molar-refractivity contribution in [2.75, 3.05) is 16.4 Å². The Labute approximate surface area is 308 Å². The zero-order valence-electron chi connectivity index (χ0n) is 27.0. The molecule has 6 rings (SSSR count). The predicted molar refractivity (Wildman–Crippen MR) is 206 cm³/mol. The van der Waals surface area contributed by atoms with Crippen molar-refractivity contribution < 1.29 is 19.1 Å². The number of carbonyl (C=O) groups excluding carboxylic acids is 3. The van der Waals surface area contributed by atoms with E-state index >= 15 is 0 Å². The van der Waals surface area contributed by atoms with E-state index in [9.17, 15) is 14.4 Å². The maximum atomic E-state index is 13.5. The molecule has 51 heavy (non-hydrogen) atoms. The quantitative estimate of drug-likeness (QED) is 0.0808. The van der Waals surface area contributed by atoms with E-state index in [4.69, 9.17) is 16.3 Å². The number of ether oxygens (including phenoxy) is 1. The lowest BCUT2D eigenvalue weighted by molar-refractivity contribution is -0.114. The van der Waals surface area contributed by atoms with E-state index in [1.165, 1.54) is 23.1 Å². The lowest BCUT2D eigenvalue weighted by Crippen LogP contribution is -2.30. The number of nitrogens with one attached hydrogen (secondary N) is 3. The molecule has 0 saturated carbocycles. The Kier molecular flexibility index (Phi) is 11.9. The number of thioether (sulfide) groups is 1. The minimum absolute atomic E-state index is 0.0679. The van der Waals surface area contributed by atoms with Gasteiger partial charge in [-0.2, -0.15) is 0 Å². The van der Waals surface area contributed by atoms with Crippen LogP contribution in [0.3, 0.4) is 0 Å². The third kappa shape index (κ3) is 10.4. The number of carbonyl (C=O) groups is 3. The standard InChI is InChI=1S/C40H31ClN4O4S2/c41-31-15-13-29(14-16-31)36-25-51-40(44-36)45-37(46)26-50-34-21-17-32(18-22-34)42-39(48)35(43-38(47)30-9-5-2-6-10-30)23-27-11-19-33(20-12-27)49-24-28-7-3-1-4-8-28/h1-23,25H,24,26H2,(H,42,48)(H,43,47)(H,44,45,46)/b35-23-. The Balaban J connectivity index is 1.06. The van der Waals surface area contributed by atoms with Gasteiger partial charge in [0.1, 0.15) is 18.1 Å². The number of amides is 3. The van der Waals surface area contributed by atoms with E-state index < -0.39 is 11.8 Å².